The van der Waals surface area contributed by atoms with Crippen LogP contribution in [0.25, 0.3) is 5.69 Å². The van der Waals surface area contributed by atoms with Gasteiger partial charge in [0.15, 0.2) is 0 Å². The minimum atomic E-state index is -0.261. The number of nitrogens with zero attached hydrogens (tertiary/aromatic N) is 4. The van der Waals surface area contributed by atoms with Crippen molar-refractivity contribution < 1.29 is 9.59 Å². The van der Waals surface area contributed by atoms with Crippen molar-refractivity contribution in [2.24, 2.45) is 0 Å². The van der Waals surface area contributed by atoms with E-state index < -0.39 is 0 Å². The van der Waals surface area contributed by atoms with E-state index >= 15 is 0 Å². The van der Waals surface area contributed by atoms with E-state index in [9.17, 15) is 9.59 Å². The first-order valence-corrected chi connectivity index (χ1v) is 11.1. The number of rotatable bonds is 4. The van der Waals surface area contributed by atoms with Crippen LogP contribution in [-0.4, -0.2) is 53.0 Å². The van der Waals surface area contributed by atoms with E-state index in [-0.39, 0.29) is 30.6 Å². The molecule has 0 spiro atoms. The molecule has 3 amide bonds. The van der Waals surface area contributed by atoms with Gasteiger partial charge in [-0.15, -0.1) is 0 Å². The van der Waals surface area contributed by atoms with E-state index in [1.807, 2.05) is 41.4 Å². The zero-order valence-corrected chi connectivity index (χ0v) is 18.7. The quantitative estimate of drug-likeness (QED) is 0.620. The third-order valence-corrected chi connectivity index (χ3v) is 6.30. The summed E-state index contributed by atoms with van der Waals surface area (Å²) in [6.45, 7) is 2.13. The van der Waals surface area contributed by atoms with E-state index in [1.165, 1.54) is 5.56 Å². The number of aryl methyl sites for hydroxylation is 1. The second kappa shape index (κ2) is 7.86. The number of carbonyl (C=O) groups is 2. The van der Waals surface area contributed by atoms with Gasteiger partial charge in [0.25, 0.3) is 0 Å². The molecule has 6 heteroatoms. The summed E-state index contributed by atoms with van der Waals surface area (Å²) in [5, 5.41) is 0. The van der Waals surface area contributed by atoms with Gasteiger partial charge in [-0.2, -0.15) is 0 Å². The molecular formula is C26H28N4O2. The number of hydrogen-bond donors (Lipinski definition) is 0. The maximum Gasteiger partial charge on any atom is 0.320 e. The molecule has 6 nitrogen and oxygen atoms in total. The van der Waals surface area contributed by atoms with Gasteiger partial charge in [0.2, 0.25) is 5.91 Å². The molecule has 0 radical (unpaired) electrons. The molecule has 1 aliphatic carbocycles. The average Bonchev–Trinajstić information content (AvgIpc) is 3.52. The lowest BCUT2D eigenvalue weighted by Crippen LogP contribution is -2.49. The van der Waals surface area contributed by atoms with Gasteiger partial charge >= 0.3 is 6.03 Å². The smallest absolute Gasteiger partial charge is 0.320 e. The highest BCUT2D eigenvalue weighted by Gasteiger charge is 2.40. The van der Waals surface area contributed by atoms with E-state index in [1.54, 1.807) is 23.9 Å². The molecule has 1 saturated carbocycles. The normalized spacial score (nSPS) is 16.8. The van der Waals surface area contributed by atoms with Gasteiger partial charge in [0, 0.05) is 26.3 Å². The highest BCUT2D eigenvalue weighted by Crippen LogP contribution is 2.42. The lowest BCUT2D eigenvalue weighted by molar-refractivity contribution is -0.119. The molecule has 1 aromatic heterocycles. The molecule has 1 atom stereocenters. The monoisotopic (exact) mass is 428 g/mol. The van der Waals surface area contributed by atoms with Crippen molar-refractivity contribution in [1.29, 1.82) is 0 Å². The maximum atomic E-state index is 13.9. The van der Waals surface area contributed by atoms with Crippen LogP contribution in [0.2, 0.25) is 0 Å². The van der Waals surface area contributed by atoms with E-state index in [0.29, 0.717) is 0 Å². The summed E-state index contributed by atoms with van der Waals surface area (Å²) in [6, 6.07) is 20.2. The number of benzene rings is 2. The Hall–Kier alpha value is -3.54. The SMILES string of the molecule is Cc1ccc(C2c3cccn3-c3ccccc3N2C(=O)CN(C(=O)N(C)C)C2CC2)cc1. The Morgan fingerprint density at radius 3 is 2.28 bits per heavy atom. The molecule has 2 aliphatic rings. The fourth-order valence-electron chi connectivity index (χ4n) is 4.54. The first kappa shape index (κ1) is 20.4. The molecule has 1 unspecified atom stereocenters. The van der Waals surface area contributed by atoms with Crippen LogP contribution in [0.1, 0.15) is 35.7 Å². The second-order valence-corrected chi connectivity index (χ2v) is 8.90. The zero-order chi connectivity index (χ0) is 22.4. The molecule has 2 aromatic carbocycles. The van der Waals surface area contributed by atoms with E-state index in [4.69, 9.17) is 0 Å². The number of fused-ring (bicyclic) bond motifs is 3. The number of para-hydroxylation sites is 2. The third-order valence-electron chi connectivity index (χ3n) is 6.30. The number of carbonyl (C=O) groups excluding carboxylic acids is 2. The molecular weight excluding hydrogens is 400 g/mol. The Kier molecular flexibility index (Phi) is 5.00. The van der Waals surface area contributed by atoms with Crippen molar-refractivity contribution in [3.05, 3.63) is 83.7 Å². The lowest BCUT2D eigenvalue weighted by Gasteiger charge is -2.39. The summed E-state index contributed by atoms with van der Waals surface area (Å²) >= 11 is 0. The molecule has 5 rings (SSSR count). The van der Waals surface area contributed by atoms with Crippen LogP contribution in [0.4, 0.5) is 10.5 Å². The van der Waals surface area contributed by atoms with Crippen molar-refractivity contribution in [3.8, 4) is 5.69 Å². The van der Waals surface area contributed by atoms with Crippen molar-refractivity contribution in [1.82, 2.24) is 14.4 Å². The predicted molar refractivity (Wildman–Crippen MR) is 125 cm³/mol. The van der Waals surface area contributed by atoms with Gasteiger partial charge in [-0.1, -0.05) is 42.0 Å². The van der Waals surface area contributed by atoms with Gasteiger partial charge in [-0.25, -0.2) is 4.79 Å². The van der Waals surface area contributed by atoms with Crippen LogP contribution in [0.15, 0.2) is 66.9 Å². The number of urea groups is 1. The number of hydrogen-bond acceptors (Lipinski definition) is 2. The number of aromatic nitrogens is 1. The second-order valence-electron chi connectivity index (χ2n) is 8.90. The predicted octanol–water partition coefficient (Wildman–Crippen LogP) is 4.37. The molecule has 2 heterocycles. The average molecular weight is 429 g/mol. The Balaban J connectivity index is 1.59. The van der Waals surface area contributed by atoms with Crippen LogP contribution in [0, 0.1) is 6.92 Å². The first-order valence-electron chi connectivity index (χ1n) is 11.1. The minimum Gasteiger partial charge on any atom is -0.331 e. The van der Waals surface area contributed by atoms with E-state index in [0.717, 1.165) is 35.5 Å². The molecule has 1 aliphatic heterocycles. The summed E-state index contributed by atoms with van der Waals surface area (Å²) in [5.41, 5.74) is 5.10. The van der Waals surface area contributed by atoms with Gasteiger partial charge in [-0.3, -0.25) is 9.69 Å². The standard InChI is InChI=1S/C26H28N4O2/c1-18-10-12-19(13-11-18)25-23-9-6-16-28(23)21-7-4-5-8-22(21)30(25)24(31)17-29(20-14-15-20)26(32)27(2)3/h4-13,16,20,25H,14-15,17H2,1-3H3. The fraction of sp³-hybridized carbons (Fsp3) is 0.308. The maximum absolute atomic E-state index is 13.9. The summed E-state index contributed by atoms with van der Waals surface area (Å²) < 4.78 is 2.16. The van der Waals surface area contributed by atoms with Crippen LogP contribution >= 0.6 is 0 Å². The number of amides is 3. The Labute approximate surface area is 188 Å². The first-order chi connectivity index (χ1) is 15.5. The van der Waals surface area contributed by atoms with Crippen molar-refractivity contribution in [2.75, 3.05) is 25.5 Å². The van der Waals surface area contributed by atoms with Gasteiger partial charge in [0.1, 0.15) is 12.6 Å². The van der Waals surface area contributed by atoms with E-state index in [2.05, 4.69) is 41.8 Å². The fourth-order valence-corrected chi connectivity index (χ4v) is 4.54. The molecule has 0 bridgehead atoms. The summed E-state index contributed by atoms with van der Waals surface area (Å²) in [6.07, 6.45) is 3.95. The van der Waals surface area contributed by atoms with Gasteiger partial charge in [-0.05, 0) is 49.6 Å². The van der Waals surface area contributed by atoms with Crippen LogP contribution in [-0.2, 0) is 4.79 Å². The Morgan fingerprint density at radius 1 is 0.938 bits per heavy atom. The van der Waals surface area contributed by atoms with Crippen LogP contribution in [0.5, 0.6) is 0 Å². The lowest BCUT2D eigenvalue weighted by atomic mass is 9.97. The highest BCUT2D eigenvalue weighted by atomic mass is 16.2. The minimum absolute atomic E-state index is 0.0685. The molecule has 164 valence electrons. The molecule has 0 saturated heterocycles. The third kappa shape index (κ3) is 3.45. The van der Waals surface area contributed by atoms with Crippen molar-refractivity contribution >= 4 is 17.6 Å². The molecule has 0 N–H and O–H groups in total. The highest BCUT2D eigenvalue weighted by molar-refractivity contribution is 6.00. The number of anilines is 1. The summed E-state index contributed by atoms with van der Waals surface area (Å²) in [5.74, 6) is -0.0717. The van der Waals surface area contributed by atoms with Crippen molar-refractivity contribution in [2.45, 2.75) is 31.8 Å². The zero-order valence-electron chi connectivity index (χ0n) is 18.7. The Morgan fingerprint density at radius 2 is 1.62 bits per heavy atom. The van der Waals surface area contributed by atoms with Crippen LogP contribution < -0.4 is 4.90 Å². The molecule has 1 fully saturated rings. The topological polar surface area (TPSA) is 48.8 Å². The summed E-state index contributed by atoms with van der Waals surface area (Å²) in [4.78, 5) is 31.9. The van der Waals surface area contributed by atoms with Gasteiger partial charge in [0.05, 0.1) is 17.1 Å². The Bertz CT molecular complexity index is 1160. The largest absolute Gasteiger partial charge is 0.331 e. The molecule has 3 aromatic rings. The van der Waals surface area contributed by atoms with Gasteiger partial charge < -0.3 is 14.4 Å². The molecule has 32 heavy (non-hydrogen) atoms. The summed E-state index contributed by atoms with van der Waals surface area (Å²) in [7, 11) is 3.47. The van der Waals surface area contributed by atoms with Crippen LogP contribution in [0.3, 0.4) is 0 Å². The van der Waals surface area contributed by atoms with Crippen molar-refractivity contribution in [3.63, 3.8) is 0 Å².